The Balaban J connectivity index is 2.37. The molecule has 6 nitrogen and oxygen atoms in total. The molecule has 0 radical (unpaired) electrons. The summed E-state index contributed by atoms with van der Waals surface area (Å²) in [7, 11) is 1.41. The number of allylic oxidation sites excluding steroid dienone is 1. The molecule has 0 N–H and O–H groups in total. The minimum atomic E-state index is -0.470. The van der Waals surface area contributed by atoms with E-state index in [4.69, 9.17) is 4.74 Å². The van der Waals surface area contributed by atoms with Crippen LogP contribution in [0.2, 0.25) is 0 Å². The molecule has 0 fully saturated rings. The molecule has 2 aromatic rings. The Kier molecular flexibility index (Phi) is 4.05. The van der Waals surface area contributed by atoms with Crippen molar-refractivity contribution >= 4 is 17.3 Å². The van der Waals surface area contributed by atoms with Crippen LogP contribution in [-0.2, 0) is 0 Å². The normalized spacial score (nSPS) is 11.2. The molecule has 102 valence electrons. The number of aromatic nitrogens is 2. The first-order chi connectivity index (χ1) is 9.61. The Morgan fingerprint density at radius 2 is 2.20 bits per heavy atom. The number of nitrogens with zero attached hydrogens (tertiary/aromatic N) is 3. The first-order valence-corrected chi connectivity index (χ1v) is 5.89. The van der Waals surface area contributed by atoms with Crippen molar-refractivity contribution in [3.05, 3.63) is 58.2 Å². The van der Waals surface area contributed by atoms with Crippen molar-refractivity contribution in [2.24, 2.45) is 0 Å². The van der Waals surface area contributed by atoms with E-state index in [1.165, 1.54) is 13.2 Å². The molecule has 0 bridgehead atoms. The summed E-state index contributed by atoms with van der Waals surface area (Å²) >= 11 is 0. The highest BCUT2D eigenvalue weighted by atomic mass is 16.6. The molecule has 0 saturated heterocycles. The number of ether oxygens (including phenoxy) is 1. The predicted octanol–water partition coefficient (Wildman–Crippen LogP) is 2.95. The molecular weight excluding hydrogens is 258 g/mol. The molecule has 0 spiro atoms. The van der Waals surface area contributed by atoms with Gasteiger partial charge in [0.15, 0.2) is 5.75 Å². The van der Waals surface area contributed by atoms with E-state index in [1.54, 1.807) is 30.7 Å². The number of nitro benzene ring substituents is 1. The molecule has 0 saturated carbocycles. The van der Waals surface area contributed by atoms with Gasteiger partial charge < -0.3 is 4.74 Å². The van der Waals surface area contributed by atoms with Crippen molar-refractivity contribution in [2.45, 2.75) is 6.92 Å². The van der Waals surface area contributed by atoms with Crippen molar-refractivity contribution in [1.82, 2.24) is 9.97 Å². The Morgan fingerprint density at radius 1 is 1.40 bits per heavy atom. The fraction of sp³-hybridized carbons (Fsp3) is 0.143. The highest BCUT2D eigenvalue weighted by molar-refractivity contribution is 5.79. The van der Waals surface area contributed by atoms with Crippen molar-refractivity contribution in [2.75, 3.05) is 7.11 Å². The Bertz CT molecular complexity index is 654. The Labute approximate surface area is 115 Å². The third kappa shape index (κ3) is 2.97. The first kappa shape index (κ1) is 13.7. The second kappa shape index (κ2) is 5.92. The van der Waals surface area contributed by atoms with Crippen molar-refractivity contribution in [3.63, 3.8) is 0 Å². The molecule has 1 aromatic carbocycles. The van der Waals surface area contributed by atoms with E-state index in [1.807, 2.05) is 13.0 Å². The lowest BCUT2D eigenvalue weighted by Gasteiger charge is -2.04. The van der Waals surface area contributed by atoms with Gasteiger partial charge in [-0.2, -0.15) is 0 Å². The van der Waals surface area contributed by atoms with Crippen LogP contribution in [0.4, 0.5) is 5.69 Å². The predicted molar refractivity (Wildman–Crippen MR) is 75.2 cm³/mol. The molecule has 6 heteroatoms. The zero-order valence-electron chi connectivity index (χ0n) is 11.1. The third-order valence-corrected chi connectivity index (χ3v) is 2.75. The summed E-state index contributed by atoms with van der Waals surface area (Å²) in [5.41, 5.74) is 2.41. The van der Waals surface area contributed by atoms with Gasteiger partial charge in [0.1, 0.15) is 0 Å². The quantitative estimate of drug-likeness (QED) is 0.631. The second-order valence-corrected chi connectivity index (χ2v) is 4.11. The van der Waals surface area contributed by atoms with E-state index in [0.717, 1.165) is 16.8 Å². The number of nitro groups is 1. The summed E-state index contributed by atoms with van der Waals surface area (Å²) in [5, 5.41) is 10.8. The topological polar surface area (TPSA) is 78.2 Å². The fourth-order valence-corrected chi connectivity index (χ4v) is 1.76. The van der Waals surface area contributed by atoms with Crippen molar-refractivity contribution in [3.8, 4) is 5.75 Å². The van der Waals surface area contributed by atoms with Crippen LogP contribution in [0.5, 0.6) is 5.75 Å². The largest absolute Gasteiger partial charge is 0.490 e. The molecule has 0 amide bonds. The number of hydrogen-bond donors (Lipinski definition) is 0. The molecule has 1 heterocycles. The van der Waals surface area contributed by atoms with Crippen molar-refractivity contribution in [1.29, 1.82) is 0 Å². The lowest BCUT2D eigenvalue weighted by atomic mass is 10.1. The first-order valence-electron chi connectivity index (χ1n) is 5.89. The van der Waals surface area contributed by atoms with Gasteiger partial charge in [0.25, 0.3) is 0 Å². The molecule has 0 aliphatic rings. The van der Waals surface area contributed by atoms with Crippen LogP contribution in [0.1, 0.15) is 18.2 Å². The number of benzene rings is 1. The van der Waals surface area contributed by atoms with Crippen LogP contribution in [0.15, 0.2) is 36.8 Å². The van der Waals surface area contributed by atoms with Gasteiger partial charge in [-0.1, -0.05) is 0 Å². The molecule has 2 rings (SSSR count). The fourth-order valence-electron chi connectivity index (χ4n) is 1.76. The van der Waals surface area contributed by atoms with Gasteiger partial charge in [0.2, 0.25) is 0 Å². The minimum Gasteiger partial charge on any atom is -0.490 e. The summed E-state index contributed by atoms with van der Waals surface area (Å²) in [6.07, 6.45) is 6.75. The minimum absolute atomic E-state index is 0.0539. The summed E-state index contributed by atoms with van der Waals surface area (Å²) in [4.78, 5) is 18.6. The Morgan fingerprint density at radius 3 is 2.80 bits per heavy atom. The van der Waals surface area contributed by atoms with E-state index in [9.17, 15) is 10.1 Å². The maximum Gasteiger partial charge on any atom is 0.310 e. The average Bonchev–Trinajstić information content (AvgIpc) is 2.47. The number of hydrogen-bond acceptors (Lipinski definition) is 5. The van der Waals surface area contributed by atoms with Gasteiger partial charge in [-0.25, -0.2) is 0 Å². The van der Waals surface area contributed by atoms with Crippen LogP contribution in [-0.4, -0.2) is 22.0 Å². The van der Waals surface area contributed by atoms with Crippen molar-refractivity contribution < 1.29 is 9.66 Å². The lowest BCUT2D eigenvalue weighted by Crippen LogP contribution is -1.94. The lowest BCUT2D eigenvalue weighted by molar-refractivity contribution is -0.385. The zero-order chi connectivity index (χ0) is 14.5. The smallest absolute Gasteiger partial charge is 0.310 e. The molecule has 0 atom stereocenters. The summed E-state index contributed by atoms with van der Waals surface area (Å²) in [6.45, 7) is 1.90. The monoisotopic (exact) mass is 271 g/mol. The van der Waals surface area contributed by atoms with E-state index < -0.39 is 4.92 Å². The second-order valence-electron chi connectivity index (χ2n) is 4.11. The zero-order valence-corrected chi connectivity index (χ0v) is 11.1. The van der Waals surface area contributed by atoms with E-state index >= 15 is 0 Å². The van der Waals surface area contributed by atoms with E-state index in [-0.39, 0.29) is 11.4 Å². The van der Waals surface area contributed by atoms with Crippen LogP contribution < -0.4 is 4.74 Å². The van der Waals surface area contributed by atoms with Gasteiger partial charge in [-0.15, -0.1) is 0 Å². The summed E-state index contributed by atoms with van der Waals surface area (Å²) in [6, 6.07) is 4.72. The molecule has 1 aromatic heterocycles. The van der Waals surface area contributed by atoms with Gasteiger partial charge in [0.05, 0.1) is 23.9 Å². The summed E-state index contributed by atoms with van der Waals surface area (Å²) < 4.78 is 5.04. The molecule has 20 heavy (non-hydrogen) atoms. The van der Waals surface area contributed by atoms with Gasteiger partial charge in [0, 0.05) is 18.5 Å². The van der Waals surface area contributed by atoms with E-state index in [0.29, 0.717) is 0 Å². The highest BCUT2D eigenvalue weighted by Gasteiger charge is 2.14. The van der Waals surface area contributed by atoms with Crippen LogP contribution in [0.3, 0.4) is 0 Å². The maximum atomic E-state index is 10.8. The van der Waals surface area contributed by atoms with Gasteiger partial charge in [-0.05, 0) is 36.3 Å². The highest BCUT2D eigenvalue weighted by Crippen LogP contribution is 2.29. The maximum absolute atomic E-state index is 10.8. The third-order valence-electron chi connectivity index (χ3n) is 2.75. The molecular formula is C14H13N3O3. The van der Waals surface area contributed by atoms with Crippen LogP contribution >= 0.6 is 0 Å². The SMILES string of the molecule is COc1cc(/C=C(\C)c2cnccn2)ccc1[N+](=O)[O-]. The average molecular weight is 271 g/mol. The molecule has 0 unspecified atom stereocenters. The van der Waals surface area contributed by atoms with Crippen LogP contribution in [0, 0.1) is 10.1 Å². The summed E-state index contributed by atoms with van der Waals surface area (Å²) in [5.74, 6) is 0.232. The Hall–Kier alpha value is -2.76. The van der Waals surface area contributed by atoms with Gasteiger partial charge >= 0.3 is 5.69 Å². The number of rotatable bonds is 4. The van der Waals surface area contributed by atoms with Crippen LogP contribution in [0.25, 0.3) is 11.6 Å². The van der Waals surface area contributed by atoms with E-state index in [2.05, 4.69) is 9.97 Å². The standard InChI is InChI=1S/C14H13N3O3/c1-10(12-9-15-5-6-16-12)7-11-3-4-13(17(18)19)14(8-11)20-2/h3-9H,1-2H3/b10-7+. The van der Waals surface area contributed by atoms with Gasteiger partial charge in [-0.3, -0.25) is 20.1 Å². The molecule has 0 aliphatic heterocycles. The molecule has 0 aliphatic carbocycles. The number of methoxy groups -OCH3 is 1.